The Morgan fingerprint density at radius 2 is 0.820 bits per heavy atom. The lowest BCUT2D eigenvalue weighted by atomic mass is 9.97. The number of hydrogen-bond donors (Lipinski definition) is 1. The van der Waals surface area contributed by atoms with Crippen molar-refractivity contribution in [2.75, 3.05) is 26.4 Å². The largest absolute Gasteiger partial charge is 0.490 e. The lowest BCUT2D eigenvalue weighted by Crippen LogP contribution is -2.08. The smallest absolute Gasteiger partial charge is 0.161 e. The van der Waals surface area contributed by atoms with E-state index in [2.05, 4.69) is 103 Å². The summed E-state index contributed by atoms with van der Waals surface area (Å²) < 4.78 is 25.8. The molecule has 2 atom stereocenters. The molecule has 0 amide bonds. The van der Waals surface area contributed by atoms with Gasteiger partial charge < -0.3 is 18.9 Å². The molecule has 0 spiro atoms. The molecule has 1 N–H and O–H groups in total. The van der Waals surface area contributed by atoms with E-state index in [1.807, 2.05) is 0 Å². The number of nitrogens with zero attached hydrogens (tertiary/aromatic N) is 1. The molecule has 61 heavy (non-hydrogen) atoms. The van der Waals surface area contributed by atoms with Gasteiger partial charge >= 0.3 is 0 Å². The maximum absolute atomic E-state index is 6.53. The summed E-state index contributed by atoms with van der Waals surface area (Å²) in [5.41, 5.74) is 3.87. The molecule has 0 fully saturated rings. The monoisotopic (exact) mass is 845 g/mol. The minimum absolute atomic E-state index is 0.628. The second kappa shape index (κ2) is 32.5. The summed E-state index contributed by atoms with van der Waals surface area (Å²) in [6.45, 7) is 21.3. The second-order valence-electron chi connectivity index (χ2n) is 19.3. The van der Waals surface area contributed by atoms with E-state index in [4.69, 9.17) is 24.0 Å². The van der Waals surface area contributed by atoms with Crippen molar-refractivity contribution in [3.63, 3.8) is 0 Å². The fourth-order valence-corrected chi connectivity index (χ4v) is 8.04. The van der Waals surface area contributed by atoms with E-state index in [9.17, 15) is 0 Å². The van der Waals surface area contributed by atoms with Gasteiger partial charge in [0, 0.05) is 11.1 Å². The summed E-state index contributed by atoms with van der Waals surface area (Å²) in [6.07, 6.45) is 30.2. The highest BCUT2D eigenvalue weighted by Crippen LogP contribution is 2.37. The number of ether oxygens (including phenoxy) is 4. The summed E-state index contributed by atoms with van der Waals surface area (Å²) in [6, 6.07) is 14.8. The van der Waals surface area contributed by atoms with Gasteiger partial charge in [0.2, 0.25) is 0 Å². The molecule has 3 rings (SSSR count). The standard InChI is InChI=1S/C55H92N2O4/c1-9-11-13-15-17-19-21-23-37-58-52-33-31-48(41-54(52)59-38-24-22-20-18-16-14-12-10-2)50-43-51(57-56-50)49-32-34-53(60-39-35-46(7)29-25-27-44(3)4)55(42-49)61-40-36-47(8)30-26-28-45(5)6/h31-34,41-47H,9-30,35-40H2,1-8H3,(H,56,57)/t46-,47-/m1/s1. The third-order valence-electron chi connectivity index (χ3n) is 12.3. The minimum atomic E-state index is 0.628. The number of rotatable bonds is 38. The molecular formula is C55H92N2O4. The molecule has 0 aliphatic heterocycles. The summed E-state index contributed by atoms with van der Waals surface area (Å²) in [4.78, 5) is 0. The first kappa shape index (κ1) is 52.2. The maximum Gasteiger partial charge on any atom is 0.161 e. The molecule has 0 aliphatic rings. The molecule has 1 heterocycles. The van der Waals surface area contributed by atoms with Crippen LogP contribution >= 0.6 is 0 Å². The molecule has 0 saturated carbocycles. The maximum atomic E-state index is 6.53. The van der Waals surface area contributed by atoms with Crippen LogP contribution < -0.4 is 18.9 Å². The van der Waals surface area contributed by atoms with Crippen molar-refractivity contribution < 1.29 is 18.9 Å². The van der Waals surface area contributed by atoms with Crippen LogP contribution in [0.4, 0.5) is 0 Å². The average molecular weight is 845 g/mol. The van der Waals surface area contributed by atoms with Gasteiger partial charge in [-0.1, -0.05) is 184 Å². The molecule has 0 unspecified atom stereocenters. The number of aromatic amines is 1. The van der Waals surface area contributed by atoms with Gasteiger partial charge in [-0.25, -0.2) is 0 Å². The highest BCUT2D eigenvalue weighted by molar-refractivity contribution is 5.71. The molecule has 6 heteroatoms. The Morgan fingerprint density at radius 3 is 1.31 bits per heavy atom. The SMILES string of the molecule is CCCCCCCCCCOc1ccc(-c2cc(-c3ccc(OCC[C@H](C)CCCC(C)C)c(OCC[C@H](C)CCCC(C)C)c3)n[nH]2)cc1OCCCCCCCCCC. The van der Waals surface area contributed by atoms with Crippen molar-refractivity contribution in [3.05, 3.63) is 42.5 Å². The summed E-state index contributed by atoms with van der Waals surface area (Å²) in [5, 5.41) is 8.13. The number of benzene rings is 2. The van der Waals surface area contributed by atoms with E-state index in [0.29, 0.717) is 31.7 Å². The van der Waals surface area contributed by atoms with Crippen LogP contribution in [0.2, 0.25) is 0 Å². The molecule has 346 valence electrons. The Morgan fingerprint density at radius 1 is 0.410 bits per heavy atom. The molecule has 1 aromatic heterocycles. The molecule has 2 aromatic carbocycles. The van der Waals surface area contributed by atoms with Crippen LogP contribution in [0.3, 0.4) is 0 Å². The fourth-order valence-electron chi connectivity index (χ4n) is 8.04. The number of unbranched alkanes of at least 4 members (excludes halogenated alkanes) is 14. The van der Waals surface area contributed by atoms with Gasteiger partial charge in [-0.2, -0.15) is 5.10 Å². The van der Waals surface area contributed by atoms with E-state index >= 15 is 0 Å². The zero-order valence-corrected chi connectivity index (χ0v) is 40.7. The first-order valence-corrected chi connectivity index (χ1v) is 25.5. The normalized spacial score (nSPS) is 12.6. The van der Waals surface area contributed by atoms with Crippen LogP contribution in [0.25, 0.3) is 22.5 Å². The second-order valence-corrected chi connectivity index (χ2v) is 19.3. The molecule has 6 nitrogen and oxygen atoms in total. The van der Waals surface area contributed by atoms with E-state index < -0.39 is 0 Å². The first-order valence-electron chi connectivity index (χ1n) is 25.5. The van der Waals surface area contributed by atoms with Crippen LogP contribution in [-0.4, -0.2) is 36.6 Å². The predicted molar refractivity (Wildman–Crippen MR) is 262 cm³/mol. The fraction of sp³-hybridized carbons (Fsp3) is 0.727. The number of H-pyrrole nitrogens is 1. The number of hydrogen-bond acceptors (Lipinski definition) is 5. The van der Waals surface area contributed by atoms with Gasteiger partial charge in [-0.05, 0) is 91.8 Å². The zero-order valence-electron chi connectivity index (χ0n) is 40.7. The van der Waals surface area contributed by atoms with E-state index in [-0.39, 0.29) is 0 Å². The first-order chi connectivity index (χ1) is 29.7. The van der Waals surface area contributed by atoms with Crippen LogP contribution in [0.1, 0.15) is 209 Å². The van der Waals surface area contributed by atoms with Crippen molar-refractivity contribution in [2.45, 2.75) is 209 Å². The van der Waals surface area contributed by atoms with Gasteiger partial charge in [-0.3, -0.25) is 5.10 Å². The van der Waals surface area contributed by atoms with Crippen molar-refractivity contribution in [1.82, 2.24) is 10.2 Å². The van der Waals surface area contributed by atoms with Gasteiger partial charge in [0.05, 0.1) is 37.8 Å². The van der Waals surface area contributed by atoms with E-state index in [1.165, 1.54) is 128 Å². The quantitative estimate of drug-likeness (QED) is 0.0582. The van der Waals surface area contributed by atoms with Gasteiger partial charge in [0.25, 0.3) is 0 Å². The Hall–Kier alpha value is -3.15. The van der Waals surface area contributed by atoms with Crippen LogP contribution in [-0.2, 0) is 0 Å². The lowest BCUT2D eigenvalue weighted by molar-refractivity contribution is 0.237. The Balaban J connectivity index is 1.70. The third kappa shape index (κ3) is 23.2. The zero-order chi connectivity index (χ0) is 43.9. The predicted octanol–water partition coefficient (Wildman–Crippen LogP) is 17.2. The Labute approximate surface area is 375 Å². The Kier molecular flexibility index (Phi) is 27.8. The summed E-state index contributed by atoms with van der Waals surface area (Å²) in [5.74, 6) is 6.07. The molecule has 0 bridgehead atoms. The lowest BCUT2D eigenvalue weighted by Gasteiger charge is -2.17. The van der Waals surface area contributed by atoms with Crippen molar-refractivity contribution in [3.8, 4) is 45.5 Å². The number of nitrogens with one attached hydrogen (secondary N) is 1. The van der Waals surface area contributed by atoms with Gasteiger partial charge in [0.1, 0.15) is 0 Å². The van der Waals surface area contributed by atoms with E-state index in [0.717, 1.165) is 89.6 Å². The van der Waals surface area contributed by atoms with E-state index in [1.54, 1.807) is 0 Å². The molecule has 0 saturated heterocycles. The van der Waals surface area contributed by atoms with Gasteiger partial charge in [-0.15, -0.1) is 0 Å². The molecule has 3 aromatic rings. The molecule has 0 aliphatic carbocycles. The summed E-state index contributed by atoms with van der Waals surface area (Å²) >= 11 is 0. The third-order valence-corrected chi connectivity index (χ3v) is 12.3. The van der Waals surface area contributed by atoms with Gasteiger partial charge in [0.15, 0.2) is 23.0 Å². The average Bonchev–Trinajstić information content (AvgIpc) is 3.73. The minimum Gasteiger partial charge on any atom is -0.490 e. The summed E-state index contributed by atoms with van der Waals surface area (Å²) in [7, 11) is 0. The van der Waals surface area contributed by atoms with Crippen molar-refractivity contribution >= 4 is 0 Å². The van der Waals surface area contributed by atoms with Crippen LogP contribution in [0, 0.1) is 23.7 Å². The number of aromatic nitrogens is 2. The Bertz CT molecular complexity index is 1520. The molecular weight excluding hydrogens is 753 g/mol. The van der Waals surface area contributed by atoms with Crippen LogP contribution in [0.5, 0.6) is 23.0 Å². The van der Waals surface area contributed by atoms with Crippen molar-refractivity contribution in [1.29, 1.82) is 0 Å². The van der Waals surface area contributed by atoms with Crippen LogP contribution in [0.15, 0.2) is 42.5 Å². The highest BCUT2D eigenvalue weighted by Gasteiger charge is 2.15. The highest BCUT2D eigenvalue weighted by atomic mass is 16.5. The topological polar surface area (TPSA) is 65.6 Å². The molecule has 0 radical (unpaired) electrons. The van der Waals surface area contributed by atoms with Crippen molar-refractivity contribution in [2.24, 2.45) is 23.7 Å².